The Hall–Kier alpha value is -1.69. The Balaban J connectivity index is 1.71. The number of hydrogen-bond acceptors (Lipinski definition) is 5. The van der Waals surface area contributed by atoms with Gasteiger partial charge in [0.25, 0.3) is 0 Å². The Morgan fingerprint density at radius 2 is 2.06 bits per heavy atom. The number of anilines is 1. The highest BCUT2D eigenvalue weighted by atomic mass is 16.5. The Kier molecular flexibility index (Phi) is 4.46. The second-order valence-corrected chi connectivity index (χ2v) is 4.25. The van der Waals surface area contributed by atoms with Gasteiger partial charge >= 0.3 is 0 Å². The number of hydrogen-bond donors (Lipinski definition) is 1. The van der Waals surface area contributed by atoms with Crippen molar-refractivity contribution in [3.05, 3.63) is 18.0 Å². The molecule has 1 fully saturated rings. The predicted molar refractivity (Wildman–Crippen MR) is 67.3 cm³/mol. The topological polar surface area (TPSA) is 67.4 Å². The van der Waals surface area contributed by atoms with Crippen LogP contribution < -0.4 is 5.32 Å². The Labute approximate surface area is 106 Å². The largest absolute Gasteiger partial charge is 0.378 e. The van der Waals surface area contributed by atoms with Crippen LogP contribution in [-0.4, -0.2) is 53.6 Å². The van der Waals surface area contributed by atoms with Gasteiger partial charge < -0.3 is 15.0 Å². The number of carbonyl (C=O) groups excluding carboxylic acids is 1. The molecule has 98 valence electrons. The molecule has 1 aliphatic rings. The number of aromatic nitrogens is 2. The quantitative estimate of drug-likeness (QED) is 0.840. The third kappa shape index (κ3) is 3.66. The van der Waals surface area contributed by atoms with Crippen molar-refractivity contribution < 1.29 is 9.53 Å². The SMILES string of the molecule is Cc1cnc(NCCC(=O)N2CCOCC2)nc1. The second-order valence-electron chi connectivity index (χ2n) is 4.25. The first-order chi connectivity index (χ1) is 8.75. The van der Waals surface area contributed by atoms with Crippen molar-refractivity contribution in [3.63, 3.8) is 0 Å². The van der Waals surface area contributed by atoms with E-state index in [0.29, 0.717) is 45.2 Å². The number of morpholine rings is 1. The first-order valence-electron chi connectivity index (χ1n) is 6.14. The highest BCUT2D eigenvalue weighted by Gasteiger charge is 2.15. The molecule has 1 saturated heterocycles. The van der Waals surface area contributed by atoms with Crippen LogP contribution in [0.4, 0.5) is 5.95 Å². The molecule has 0 aromatic carbocycles. The van der Waals surface area contributed by atoms with E-state index in [9.17, 15) is 4.79 Å². The molecule has 1 aromatic rings. The molecule has 6 heteroatoms. The minimum atomic E-state index is 0.151. The summed E-state index contributed by atoms with van der Waals surface area (Å²) >= 11 is 0. The zero-order chi connectivity index (χ0) is 12.8. The summed E-state index contributed by atoms with van der Waals surface area (Å²) in [5, 5.41) is 3.04. The average molecular weight is 250 g/mol. The fourth-order valence-electron chi connectivity index (χ4n) is 1.74. The van der Waals surface area contributed by atoms with Gasteiger partial charge in [-0.2, -0.15) is 0 Å². The van der Waals surface area contributed by atoms with Gasteiger partial charge in [0.1, 0.15) is 0 Å². The fraction of sp³-hybridized carbons (Fsp3) is 0.583. The van der Waals surface area contributed by atoms with E-state index in [0.717, 1.165) is 5.56 Å². The molecule has 1 amide bonds. The van der Waals surface area contributed by atoms with Crippen molar-refractivity contribution in [2.24, 2.45) is 0 Å². The van der Waals surface area contributed by atoms with E-state index >= 15 is 0 Å². The van der Waals surface area contributed by atoms with Crippen LogP contribution in [0.2, 0.25) is 0 Å². The van der Waals surface area contributed by atoms with Gasteiger partial charge in [-0.3, -0.25) is 4.79 Å². The molecule has 2 heterocycles. The van der Waals surface area contributed by atoms with Gasteiger partial charge in [0.05, 0.1) is 13.2 Å². The number of rotatable bonds is 4. The van der Waals surface area contributed by atoms with Crippen LogP contribution in [-0.2, 0) is 9.53 Å². The van der Waals surface area contributed by atoms with Crippen LogP contribution in [0.25, 0.3) is 0 Å². The van der Waals surface area contributed by atoms with Crippen molar-refractivity contribution in [1.29, 1.82) is 0 Å². The highest BCUT2D eigenvalue weighted by molar-refractivity contribution is 5.76. The van der Waals surface area contributed by atoms with E-state index in [1.54, 1.807) is 12.4 Å². The molecule has 0 radical (unpaired) electrons. The number of aryl methyl sites for hydroxylation is 1. The lowest BCUT2D eigenvalue weighted by Crippen LogP contribution is -2.41. The molecule has 1 aromatic heterocycles. The molecule has 0 bridgehead atoms. The second kappa shape index (κ2) is 6.30. The zero-order valence-electron chi connectivity index (χ0n) is 10.6. The van der Waals surface area contributed by atoms with E-state index in [4.69, 9.17) is 4.74 Å². The minimum Gasteiger partial charge on any atom is -0.378 e. The molecule has 0 spiro atoms. The molecule has 2 rings (SSSR count). The fourth-order valence-corrected chi connectivity index (χ4v) is 1.74. The smallest absolute Gasteiger partial charge is 0.224 e. The molecule has 0 atom stereocenters. The summed E-state index contributed by atoms with van der Waals surface area (Å²) in [4.78, 5) is 21.9. The summed E-state index contributed by atoms with van der Waals surface area (Å²) in [5.41, 5.74) is 1.02. The van der Waals surface area contributed by atoms with Crippen LogP contribution in [0.5, 0.6) is 0 Å². The van der Waals surface area contributed by atoms with E-state index in [2.05, 4.69) is 15.3 Å². The van der Waals surface area contributed by atoms with Crippen LogP contribution >= 0.6 is 0 Å². The maximum atomic E-state index is 11.8. The summed E-state index contributed by atoms with van der Waals surface area (Å²) in [6.45, 7) is 5.16. The summed E-state index contributed by atoms with van der Waals surface area (Å²) in [6, 6.07) is 0. The van der Waals surface area contributed by atoms with Crippen molar-refractivity contribution in [3.8, 4) is 0 Å². The molecule has 0 saturated carbocycles. The zero-order valence-corrected chi connectivity index (χ0v) is 10.6. The summed E-state index contributed by atoms with van der Waals surface area (Å²) in [5.74, 6) is 0.716. The summed E-state index contributed by atoms with van der Waals surface area (Å²) < 4.78 is 5.21. The van der Waals surface area contributed by atoms with Gasteiger partial charge in [-0.05, 0) is 12.5 Å². The lowest BCUT2D eigenvalue weighted by molar-refractivity contribution is -0.134. The van der Waals surface area contributed by atoms with Crippen LogP contribution in [0.15, 0.2) is 12.4 Å². The molecular weight excluding hydrogens is 232 g/mol. The number of ether oxygens (including phenoxy) is 1. The van der Waals surface area contributed by atoms with E-state index in [-0.39, 0.29) is 5.91 Å². The molecule has 0 aliphatic carbocycles. The number of amides is 1. The van der Waals surface area contributed by atoms with Crippen LogP contribution in [0.1, 0.15) is 12.0 Å². The van der Waals surface area contributed by atoms with Gasteiger partial charge in [0, 0.05) is 38.4 Å². The van der Waals surface area contributed by atoms with Crippen LogP contribution in [0.3, 0.4) is 0 Å². The van der Waals surface area contributed by atoms with Gasteiger partial charge in [-0.1, -0.05) is 0 Å². The lowest BCUT2D eigenvalue weighted by Gasteiger charge is -2.26. The molecular formula is C12H18N4O2. The first kappa shape index (κ1) is 12.8. The van der Waals surface area contributed by atoms with Crippen molar-refractivity contribution in [2.75, 3.05) is 38.2 Å². The van der Waals surface area contributed by atoms with Gasteiger partial charge in [0.15, 0.2) is 0 Å². The van der Waals surface area contributed by atoms with Gasteiger partial charge in [-0.25, -0.2) is 9.97 Å². The lowest BCUT2D eigenvalue weighted by atomic mass is 10.3. The number of nitrogens with one attached hydrogen (secondary N) is 1. The number of nitrogens with zero attached hydrogens (tertiary/aromatic N) is 3. The Morgan fingerprint density at radius 1 is 1.39 bits per heavy atom. The molecule has 18 heavy (non-hydrogen) atoms. The summed E-state index contributed by atoms with van der Waals surface area (Å²) in [6.07, 6.45) is 3.95. The molecule has 0 unspecified atom stereocenters. The third-order valence-corrected chi connectivity index (χ3v) is 2.77. The number of carbonyl (C=O) groups is 1. The van der Waals surface area contributed by atoms with E-state index < -0.39 is 0 Å². The monoisotopic (exact) mass is 250 g/mol. The van der Waals surface area contributed by atoms with Crippen molar-refractivity contribution in [2.45, 2.75) is 13.3 Å². The standard InChI is InChI=1S/C12H18N4O2/c1-10-8-14-12(15-9-10)13-3-2-11(17)16-4-6-18-7-5-16/h8-9H,2-7H2,1H3,(H,13,14,15). The van der Waals surface area contributed by atoms with Gasteiger partial charge in [-0.15, -0.1) is 0 Å². The maximum Gasteiger partial charge on any atom is 0.224 e. The Morgan fingerprint density at radius 3 is 2.72 bits per heavy atom. The third-order valence-electron chi connectivity index (χ3n) is 2.77. The highest BCUT2D eigenvalue weighted by Crippen LogP contribution is 2.02. The van der Waals surface area contributed by atoms with E-state index in [1.807, 2.05) is 11.8 Å². The van der Waals surface area contributed by atoms with Crippen molar-refractivity contribution in [1.82, 2.24) is 14.9 Å². The molecule has 6 nitrogen and oxygen atoms in total. The van der Waals surface area contributed by atoms with Crippen LogP contribution in [0, 0.1) is 6.92 Å². The average Bonchev–Trinajstić information content (AvgIpc) is 2.42. The normalized spacial score (nSPS) is 15.5. The molecule has 1 N–H and O–H groups in total. The minimum absolute atomic E-state index is 0.151. The van der Waals surface area contributed by atoms with Gasteiger partial charge in [0.2, 0.25) is 11.9 Å². The van der Waals surface area contributed by atoms with Crippen molar-refractivity contribution >= 4 is 11.9 Å². The van der Waals surface area contributed by atoms with E-state index in [1.165, 1.54) is 0 Å². The Bertz CT molecular complexity index is 388. The predicted octanol–water partition coefficient (Wildman–Crippen LogP) is 0.446. The summed E-state index contributed by atoms with van der Waals surface area (Å²) in [7, 11) is 0. The first-order valence-corrected chi connectivity index (χ1v) is 6.14. The molecule has 1 aliphatic heterocycles. The maximum absolute atomic E-state index is 11.8.